The lowest BCUT2D eigenvalue weighted by atomic mass is 10.1. The van der Waals surface area contributed by atoms with Crippen LogP contribution >= 0.6 is 0 Å². The molecule has 0 radical (unpaired) electrons. The number of nitrogens with zero attached hydrogens (tertiary/aromatic N) is 1. The molecule has 1 aromatic rings. The number of anilines is 2. The van der Waals surface area contributed by atoms with Crippen LogP contribution in [0.1, 0.15) is 34.6 Å². The van der Waals surface area contributed by atoms with E-state index in [-0.39, 0.29) is 6.03 Å². The van der Waals surface area contributed by atoms with Gasteiger partial charge in [0.05, 0.1) is 0 Å². The number of urea groups is 1. The topological polar surface area (TPSA) is 44.4 Å². The summed E-state index contributed by atoms with van der Waals surface area (Å²) < 4.78 is 0. The second-order valence-electron chi connectivity index (χ2n) is 5.36. The molecule has 0 fully saturated rings. The number of hydrogen-bond acceptors (Lipinski definition) is 2. The summed E-state index contributed by atoms with van der Waals surface area (Å²) in [4.78, 5) is 14.1. The van der Waals surface area contributed by atoms with Gasteiger partial charge in [-0.1, -0.05) is 19.4 Å². The van der Waals surface area contributed by atoms with Gasteiger partial charge >= 0.3 is 6.03 Å². The van der Waals surface area contributed by atoms with Gasteiger partial charge in [0, 0.05) is 30.7 Å². The van der Waals surface area contributed by atoms with E-state index in [0.717, 1.165) is 24.4 Å². The Hall–Kier alpha value is -1.97. The van der Waals surface area contributed by atoms with E-state index in [1.807, 2.05) is 31.2 Å². The van der Waals surface area contributed by atoms with Crippen molar-refractivity contribution in [3.05, 3.63) is 36.0 Å². The highest BCUT2D eigenvalue weighted by molar-refractivity contribution is 5.90. The third-order valence-electron chi connectivity index (χ3n) is 3.60. The van der Waals surface area contributed by atoms with Crippen LogP contribution in [0.15, 0.2) is 36.0 Å². The largest absolute Gasteiger partial charge is 0.372 e. The molecule has 21 heavy (non-hydrogen) atoms. The summed E-state index contributed by atoms with van der Waals surface area (Å²) >= 11 is 0. The summed E-state index contributed by atoms with van der Waals surface area (Å²) in [7, 11) is 0. The molecule has 2 N–H and O–H groups in total. The molecule has 0 aliphatic heterocycles. The van der Waals surface area contributed by atoms with Crippen LogP contribution in [-0.4, -0.2) is 19.1 Å². The van der Waals surface area contributed by atoms with Crippen molar-refractivity contribution in [3.63, 3.8) is 0 Å². The minimum absolute atomic E-state index is 0.217. The third kappa shape index (κ3) is 5.50. The average molecular weight is 289 g/mol. The molecule has 2 amide bonds. The van der Waals surface area contributed by atoms with E-state index in [4.69, 9.17) is 0 Å². The van der Waals surface area contributed by atoms with Crippen molar-refractivity contribution in [1.29, 1.82) is 0 Å². The molecule has 0 aliphatic carbocycles. The van der Waals surface area contributed by atoms with Crippen molar-refractivity contribution < 1.29 is 4.79 Å². The molecule has 0 heterocycles. The van der Waals surface area contributed by atoms with E-state index in [9.17, 15) is 4.79 Å². The zero-order valence-electron chi connectivity index (χ0n) is 13.7. The molecular weight excluding hydrogens is 262 g/mol. The summed E-state index contributed by atoms with van der Waals surface area (Å²) in [6.07, 6.45) is 1.75. The Morgan fingerprint density at radius 2 is 1.76 bits per heavy atom. The summed E-state index contributed by atoms with van der Waals surface area (Å²) in [5.74, 6) is 0.429. The smallest absolute Gasteiger partial charge is 0.323 e. The number of allylic oxidation sites excluding steroid dienone is 1. The molecule has 0 aliphatic rings. The van der Waals surface area contributed by atoms with Crippen LogP contribution in [0, 0.1) is 5.92 Å². The quantitative estimate of drug-likeness (QED) is 0.823. The Kier molecular flexibility index (Phi) is 6.79. The Balaban J connectivity index is 2.59. The highest BCUT2D eigenvalue weighted by atomic mass is 16.2. The lowest BCUT2D eigenvalue weighted by Crippen LogP contribution is -2.25. The molecule has 0 saturated carbocycles. The Morgan fingerprint density at radius 3 is 2.24 bits per heavy atom. The molecule has 0 spiro atoms. The molecule has 0 unspecified atom stereocenters. The number of hydrogen-bond donors (Lipinski definition) is 2. The molecule has 116 valence electrons. The second kappa shape index (κ2) is 8.35. The summed E-state index contributed by atoms with van der Waals surface area (Å²) in [6, 6.07) is 7.68. The van der Waals surface area contributed by atoms with Crippen LogP contribution in [0.2, 0.25) is 0 Å². The van der Waals surface area contributed by atoms with Crippen LogP contribution in [0.5, 0.6) is 0 Å². The van der Waals surface area contributed by atoms with E-state index in [2.05, 4.69) is 43.2 Å². The third-order valence-corrected chi connectivity index (χ3v) is 3.60. The van der Waals surface area contributed by atoms with Gasteiger partial charge in [-0.2, -0.15) is 0 Å². The maximum absolute atomic E-state index is 11.8. The van der Waals surface area contributed by atoms with Crippen LogP contribution in [0.4, 0.5) is 16.2 Å². The number of carbonyl (C=O) groups excluding carboxylic acids is 1. The Bertz CT molecular complexity index is 473. The first-order valence-electron chi connectivity index (χ1n) is 7.57. The molecule has 1 aromatic carbocycles. The van der Waals surface area contributed by atoms with Gasteiger partial charge in [0.1, 0.15) is 0 Å². The first-order chi connectivity index (χ1) is 9.97. The number of carbonyl (C=O) groups is 1. The monoisotopic (exact) mass is 289 g/mol. The van der Waals surface area contributed by atoms with Crippen LogP contribution < -0.4 is 15.5 Å². The summed E-state index contributed by atoms with van der Waals surface area (Å²) in [5, 5.41) is 5.57. The number of amides is 2. The fraction of sp³-hybridized carbons (Fsp3) is 0.471. The van der Waals surface area contributed by atoms with Crippen LogP contribution in [0.3, 0.4) is 0 Å². The molecular formula is C17H27N3O. The normalized spacial score (nSPS) is 11.4. The van der Waals surface area contributed by atoms with E-state index >= 15 is 0 Å². The SMILES string of the molecule is CCN(CC)c1ccc(NC(=O)N/C=C(\C)C(C)C)cc1. The first kappa shape index (κ1) is 17.1. The van der Waals surface area contributed by atoms with Crippen molar-refractivity contribution in [2.45, 2.75) is 34.6 Å². The molecule has 4 nitrogen and oxygen atoms in total. The van der Waals surface area contributed by atoms with Gasteiger partial charge in [-0.15, -0.1) is 0 Å². The fourth-order valence-electron chi connectivity index (χ4n) is 1.86. The second-order valence-corrected chi connectivity index (χ2v) is 5.36. The molecule has 0 saturated heterocycles. The van der Waals surface area contributed by atoms with Gasteiger partial charge in [0.15, 0.2) is 0 Å². The van der Waals surface area contributed by atoms with Gasteiger partial charge in [0.2, 0.25) is 0 Å². The Morgan fingerprint density at radius 1 is 1.19 bits per heavy atom. The van der Waals surface area contributed by atoms with Gasteiger partial charge in [-0.05, 0) is 51.0 Å². The molecule has 4 heteroatoms. The predicted octanol–water partition coefficient (Wildman–Crippen LogP) is 4.21. The van der Waals surface area contributed by atoms with E-state index in [0.29, 0.717) is 5.92 Å². The zero-order valence-corrected chi connectivity index (χ0v) is 13.7. The minimum atomic E-state index is -0.217. The van der Waals surface area contributed by atoms with E-state index in [1.165, 1.54) is 5.69 Å². The van der Waals surface area contributed by atoms with Crippen molar-refractivity contribution in [3.8, 4) is 0 Å². The van der Waals surface area contributed by atoms with Gasteiger partial charge in [-0.3, -0.25) is 0 Å². The maximum Gasteiger partial charge on any atom is 0.323 e. The lowest BCUT2D eigenvalue weighted by Gasteiger charge is -2.21. The van der Waals surface area contributed by atoms with Gasteiger partial charge in [-0.25, -0.2) is 4.79 Å². The van der Waals surface area contributed by atoms with E-state index < -0.39 is 0 Å². The number of rotatable bonds is 6. The van der Waals surface area contributed by atoms with Crippen LogP contribution in [-0.2, 0) is 0 Å². The minimum Gasteiger partial charge on any atom is -0.372 e. The van der Waals surface area contributed by atoms with Crippen molar-refractivity contribution in [1.82, 2.24) is 5.32 Å². The molecule has 0 atom stereocenters. The van der Waals surface area contributed by atoms with Crippen molar-refractivity contribution in [2.75, 3.05) is 23.3 Å². The summed E-state index contributed by atoms with van der Waals surface area (Å²) in [5.41, 5.74) is 3.10. The number of nitrogens with one attached hydrogen (secondary N) is 2. The van der Waals surface area contributed by atoms with Gasteiger partial charge < -0.3 is 15.5 Å². The molecule has 0 bridgehead atoms. The molecule has 1 rings (SSSR count). The standard InChI is InChI=1S/C17H27N3O/c1-6-20(7-2)16-10-8-15(9-11-16)19-17(21)18-12-14(5)13(3)4/h8-13H,6-7H2,1-5H3,(H2,18,19,21)/b14-12+. The molecule has 0 aromatic heterocycles. The van der Waals surface area contributed by atoms with Crippen LogP contribution in [0.25, 0.3) is 0 Å². The number of benzene rings is 1. The highest BCUT2D eigenvalue weighted by Crippen LogP contribution is 2.17. The maximum atomic E-state index is 11.8. The van der Waals surface area contributed by atoms with Crippen molar-refractivity contribution in [2.24, 2.45) is 5.92 Å². The summed E-state index contributed by atoms with van der Waals surface area (Å²) in [6.45, 7) is 12.4. The first-order valence-corrected chi connectivity index (χ1v) is 7.57. The fourth-order valence-corrected chi connectivity index (χ4v) is 1.86. The highest BCUT2D eigenvalue weighted by Gasteiger charge is 2.04. The average Bonchev–Trinajstić information content (AvgIpc) is 2.47. The predicted molar refractivity (Wildman–Crippen MR) is 90.8 cm³/mol. The van der Waals surface area contributed by atoms with Crippen molar-refractivity contribution >= 4 is 17.4 Å². The Labute approximate surface area is 128 Å². The van der Waals surface area contributed by atoms with Gasteiger partial charge in [0.25, 0.3) is 0 Å². The zero-order chi connectivity index (χ0) is 15.8. The lowest BCUT2D eigenvalue weighted by molar-refractivity contribution is 0.255. The van der Waals surface area contributed by atoms with E-state index in [1.54, 1.807) is 6.20 Å².